The second kappa shape index (κ2) is 6.43. The predicted molar refractivity (Wildman–Crippen MR) is 87.1 cm³/mol. The van der Waals surface area contributed by atoms with E-state index in [1.807, 2.05) is 42.5 Å². The number of rotatable bonds is 4. The highest BCUT2D eigenvalue weighted by Crippen LogP contribution is 2.30. The normalized spacial score (nSPS) is 15.8. The highest BCUT2D eigenvalue weighted by atomic mass is 16.5. The number of fused-ring (bicyclic) bond motifs is 1. The lowest BCUT2D eigenvalue weighted by Gasteiger charge is -2.27. The molecule has 0 aromatic heterocycles. The maximum absolute atomic E-state index is 12.6. The van der Waals surface area contributed by atoms with Gasteiger partial charge in [0, 0.05) is 12.1 Å². The van der Waals surface area contributed by atoms with Crippen molar-refractivity contribution in [2.24, 2.45) is 0 Å². The number of hydroxylamine groups is 1. The van der Waals surface area contributed by atoms with E-state index in [0.717, 1.165) is 16.7 Å². The van der Waals surface area contributed by atoms with Gasteiger partial charge in [0.2, 0.25) is 0 Å². The van der Waals surface area contributed by atoms with Crippen molar-refractivity contribution in [2.45, 2.75) is 25.6 Å². The van der Waals surface area contributed by atoms with Crippen molar-refractivity contribution in [2.75, 3.05) is 0 Å². The van der Waals surface area contributed by atoms with Gasteiger partial charge in [-0.2, -0.15) is 0 Å². The van der Waals surface area contributed by atoms with Crippen LogP contribution in [0, 0.1) is 0 Å². The van der Waals surface area contributed by atoms with Gasteiger partial charge in [0.15, 0.2) is 0 Å². The molecule has 0 saturated carbocycles. The van der Waals surface area contributed by atoms with Crippen LogP contribution in [0.2, 0.25) is 0 Å². The highest BCUT2D eigenvalue weighted by Gasteiger charge is 2.39. The monoisotopic (exact) mass is 326 g/mol. The summed E-state index contributed by atoms with van der Waals surface area (Å²) >= 11 is 0. The van der Waals surface area contributed by atoms with Crippen molar-refractivity contribution >= 4 is 11.8 Å². The van der Waals surface area contributed by atoms with Crippen LogP contribution in [-0.4, -0.2) is 39.2 Å². The van der Waals surface area contributed by atoms with Gasteiger partial charge in [-0.15, -0.1) is 0 Å². The summed E-state index contributed by atoms with van der Waals surface area (Å²) in [6, 6.07) is 14.1. The molecule has 0 unspecified atom stereocenters. The van der Waals surface area contributed by atoms with E-state index in [2.05, 4.69) is 0 Å². The molecule has 3 rings (SSSR count). The van der Waals surface area contributed by atoms with Crippen LogP contribution in [0.1, 0.15) is 22.8 Å². The highest BCUT2D eigenvalue weighted by molar-refractivity contribution is 6.01. The first-order chi connectivity index (χ1) is 11.5. The lowest BCUT2D eigenvalue weighted by atomic mass is 10.0. The summed E-state index contributed by atoms with van der Waals surface area (Å²) in [5.74, 6) is -1.14. The van der Waals surface area contributed by atoms with Crippen molar-refractivity contribution in [3.05, 3.63) is 59.7 Å². The van der Waals surface area contributed by atoms with Crippen molar-refractivity contribution in [1.82, 2.24) is 10.4 Å². The Labute approximate surface area is 139 Å². The maximum Gasteiger partial charge on any atom is 0.268 e. The molecule has 0 aliphatic carbocycles. The van der Waals surface area contributed by atoms with Crippen LogP contribution < -0.4 is 5.48 Å². The van der Waals surface area contributed by atoms with Gasteiger partial charge in [-0.1, -0.05) is 36.4 Å². The minimum Gasteiger partial charge on any atom is -0.391 e. The summed E-state index contributed by atoms with van der Waals surface area (Å²) < 4.78 is 0. The van der Waals surface area contributed by atoms with Gasteiger partial charge in [0.1, 0.15) is 6.04 Å². The number of carbonyl (C=O) groups is 2. The number of aliphatic hydroxyl groups excluding tert-OH is 1. The van der Waals surface area contributed by atoms with Crippen LogP contribution in [0.15, 0.2) is 48.5 Å². The number of amides is 2. The van der Waals surface area contributed by atoms with E-state index >= 15 is 0 Å². The van der Waals surface area contributed by atoms with E-state index in [4.69, 9.17) is 5.21 Å². The quantitative estimate of drug-likeness (QED) is 0.587. The van der Waals surface area contributed by atoms with Gasteiger partial charge < -0.3 is 10.0 Å². The van der Waals surface area contributed by atoms with E-state index in [9.17, 15) is 14.7 Å². The van der Waals surface area contributed by atoms with Crippen LogP contribution in [0.5, 0.6) is 0 Å². The summed E-state index contributed by atoms with van der Waals surface area (Å²) in [4.78, 5) is 25.6. The molecule has 1 heterocycles. The zero-order chi connectivity index (χ0) is 17.3. The van der Waals surface area contributed by atoms with Crippen LogP contribution in [-0.2, 0) is 11.3 Å². The molecule has 0 saturated heterocycles. The maximum atomic E-state index is 12.6. The van der Waals surface area contributed by atoms with Gasteiger partial charge in [0.05, 0.1) is 6.10 Å². The fourth-order valence-electron chi connectivity index (χ4n) is 3.07. The SMILES string of the molecule is C[C@@H](O)[C@@H](C(=O)NO)N1Cc2cc(-c3ccccc3)ccc2C1=O. The molecule has 24 heavy (non-hydrogen) atoms. The minimum atomic E-state index is -1.14. The first-order valence-corrected chi connectivity index (χ1v) is 7.64. The molecule has 0 spiro atoms. The van der Waals surface area contributed by atoms with E-state index in [-0.39, 0.29) is 12.5 Å². The zero-order valence-corrected chi connectivity index (χ0v) is 13.1. The molecule has 2 atom stereocenters. The average Bonchev–Trinajstić information content (AvgIpc) is 2.91. The van der Waals surface area contributed by atoms with E-state index in [0.29, 0.717) is 5.56 Å². The zero-order valence-electron chi connectivity index (χ0n) is 13.1. The van der Waals surface area contributed by atoms with Crippen molar-refractivity contribution in [3.8, 4) is 11.1 Å². The minimum absolute atomic E-state index is 0.206. The molecule has 0 bridgehead atoms. The molecule has 2 aromatic carbocycles. The van der Waals surface area contributed by atoms with Crippen molar-refractivity contribution in [3.63, 3.8) is 0 Å². The lowest BCUT2D eigenvalue weighted by Crippen LogP contribution is -2.52. The Bertz CT molecular complexity index is 774. The number of hydrogen-bond acceptors (Lipinski definition) is 4. The van der Waals surface area contributed by atoms with Gasteiger partial charge in [0.25, 0.3) is 11.8 Å². The summed E-state index contributed by atoms with van der Waals surface area (Å²) in [5.41, 5.74) is 4.82. The molecule has 124 valence electrons. The Morgan fingerprint density at radius 1 is 1.17 bits per heavy atom. The predicted octanol–water partition coefficient (Wildman–Crippen LogP) is 1.56. The van der Waals surface area contributed by atoms with Crippen LogP contribution in [0.4, 0.5) is 0 Å². The molecule has 1 aliphatic rings. The first kappa shape index (κ1) is 16.2. The molecule has 3 N–H and O–H groups in total. The van der Waals surface area contributed by atoms with E-state index < -0.39 is 18.1 Å². The van der Waals surface area contributed by atoms with Gasteiger partial charge in [-0.25, -0.2) is 5.48 Å². The average molecular weight is 326 g/mol. The second-order valence-corrected chi connectivity index (χ2v) is 5.83. The molecule has 1 aliphatic heterocycles. The molecule has 0 fully saturated rings. The molecular formula is C18H18N2O4. The third-order valence-electron chi connectivity index (χ3n) is 4.22. The van der Waals surface area contributed by atoms with Crippen LogP contribution >= 0.6 is 0 Å². The van der Waals surface area contributed by atoms with Crippen LogP contribution in [0.25, 0.3) is 11.1 Å². The standard InChI is InChI=1S/C18H18N2O4/c1-11(21)16(17(22)19-24)20-10-14-9-13(7-8-15(14)18(20)23)12-5-3-2-4-6-12/h2-9,11,16,21,24H,10H2,1H3,(H,19,22)/t11-,16+/m1/s1. The molecule has 6 heteroatoms. The summed E-state index contributed by atoms with van der Waals surface area (Å²) in [5, 5.41) is 18.7. The molecule has 6 nitrogen and oxygen atoms in total. The third kappa shape index (κ3) is 2.77. The lowest BCUT2D eigenvalue weighted by molar-refractivity contribution is -0.137. The second-order valence-electron chi connectivity index (χ2n) is 5.83. The van der Waals surface area contributed by atoms with Crippen LogP contribution in [0.3, 0.4) is 0 Å². The number of nitrogens with one attached hydrogen (secondary N) is 1. The van der Waals surface area contributed by atoms with Crippen molar-refractivity contribution < 1.29 is 19.9 Å². The number of aliphatic hydroxyl groups is 1. The Balaban J connectivity index is 1.94. The summed E-state index contributed by atoms with van der Waals surface area (Å²) in [7, 11) is 0. The molecule has 0 radical (unpaired) electrons. The topological polar surface area (TPSA) is 89.9 Å². The van der Waals surface area contributed by atoms with Gasteiger partial charge in [-0.05, 0) is 35.7 Å². The number of hydrogen-bond donors (Lipinski definition) is 3. The third-order valence-corrected chi connectivity index (χ3v) is 4.22. The molecule has 2 amide bonds. The Morgan fingerprint density at radius 3 is 2.50 bits per heavy atom. The Morgan fingerprint density at radius 2 is 1.88 bits per heavy atom. The number of benzene rings is 2. The fourth-order valence-corrected chi connectivity index (χ4v) is 3.07. The van der Waals surface area contributed by atoms with E-state index in [1.54, 1.807) is 6.07 Å². The largest absolute Gasteiger partial charge is 0.391 e. The first-order valence-electron chi connectivity index (χ1n) is 7.64. The molecule has 2 aromatic rings. The van der Waals surface area contributed by atoms with E-state index in [1.165, 1.54) is 17.3 Å². The number of nitrogens with zero attached hydrogens (tertiary/aromatic N) is 1. The van der Waals surface area contributed by atoms with Gasteiger partial charge in [-0.3, -0.25) is 14.8 Å². The Kier molecular flexibility index (Phi) is 4.33. The van der Waals surface area contributed by atoms with Crippen molar-refractivity contribution in [1.29, 1.82) is 0 Å². The summed E-state index contributed by atoms with van der Waals surface area (Å²) in [6.07, 6.45) is -1.11. The fraction of sp³-hybridized carbons (Fsp3) is 0.222. The van der Waals surface area contributed by atoms with Gasteiger partial charge >= 0.3 is 0 Å². The molecular weight excluding hydrogens is 308 g/mol. The Hall–Kier alpha value is -2.70. The number of carbonyl (C=O) groups excluding carboxylic acids is 2. The summed E-state index contributed by atoms with van der Waals surface area (Å²) in [6.45, 7) is 1.61. The smallest absolute Gasteiger partial charge is 0.268 e.